The summed E-state index contributed by atoms with van der Waals surface area (Å²) in [6.07, 6.45) is 2.20. The number of carbonyl (C=O) groups excluding carboxylic acids is 1. The van der Waals surface area contributed by atoms with E-state index in [0.717, 1.165) is 10.7 Å². The van der Waals surface area contributed by atoms with Gasteiger partial charge in [0.15, 0.2) is 0 Å². The zero-order valence-electron chi connectivity index (χ0n) is 18.3. The molecule has 3 heterocycles. The van der Waals surface area contributed by atoms with E-state index in [1.807, 2.05) is 12.3 Å². The van der Waals surface area contributed by atoms with E-state index in [1.54, 1.807) is 67.1 Å². The molecule has 0 aliphatic heterocycles. The van der Waals surface area contributed by atoms with Crippen molar-refractivity contribution in [2.45, 2.75) is 25.7 Å². The molecule has 1 unspecified atom stereocenters. The van der Waals surface area contributed by atoms with Crippen molar-refractivity contribution in [1.82, 2.24) is 19.7 Å². The normalized spacial score (nSPS) is 11.9. The predicted octanol–water partition coefficient (Wildman–Crippen LogP) is 3.05. The Morgan fingerprint density at radius 1 is 1.21 bits per heavy atom. The minimum Gasteiger partial charge on any atom is -0.497 e. The summed E-state index contributed by atoms with van der Waals surface area (Å²) in [5.74, 6) is -0.646. The Hall–Kier alpha value is -3.72. The molecule has 170 valence electrons. The minimum atomic E-state index is -0.685. The molecule has 1 amide bonds. The van der Waals surface area contributed by atoms with Crippen molar-refractivity contribution in [2.24, 2.45) is 0 Å². The molecule has 0 bridgehead atoms. The van der Waals surface area contributed by atoms with Gasteiger partial charge < -0.3 is 15.2 Å². The van der Waals surface area contributed by atoms with Crippen LogP contribution in [0.3, 0.4) is 0 Å². The van der Waals surface area contributed by atoms with Crippen LogP contribution in [0.15, 0.2) is 58.8 Å². The molecular formula is C24H24N4O4S. The average molecular weight is 465 g/mol. The van der Waals surface area contributed by atoms with E-state index >= 15 is 0 Å². The number of ether oxygens (including phenoxy) is 1. The molecule has 0 aliphatic carbocycles. The van der Waals surface area contributed by atoms with Gasteiger partial charge in [-0.05, 0) is 36.8 Å². The second kappa shape index (κ2) is 9.83. The summed E-state index contributed by atoms with van der Waals surface area (Å²) in [4.78, 5) is 34.7. The third-order valence-electron chi connectivity index (χ3n) is 5.33. The average Bonchev–Trinajstić information content (AvgIpc) is 3.23. The van der Waals surface area contributed by atoms with E-state index in [2.05, 4.69) is 15.3 Å². The van der Waals surface area contributed by atoms with Crippen LogP contribution in [-0.4, -0.2) is 39.0 Å². The summed E-state index contributed by atoms with van der Waals surface area (Å²) < 4.78 is 6.60. The van der Waals surface area contributed by atoms with Gasteiger partial charge >= 0.3 is 0 Å². The molecule has 9 heteroatoms. The van der Waals surface area contributed by atoms with Crippen molar-refractivity contribution < 1.29 is 14.6 Å². The molecule has 33 heavy (non-hydrogen) atoms. The number of hydrogen-bond donors (Lipinski definition) is 2. The van der Waals surface area contributed by atoms with Crippen LogP contribution in [-0.2, 0) is 11.2 Å². The van der Waals surface area contributed by atoms with Gasteiger partial charge in [-0.25, -0.2) is 4.98 Å². The summed E-state index contributed by atoms with van der Waals surface area (Å²) >= 11 is 1.56. The maximum absolute atomic E-state index is 13.3. The highest BCUT2D eigenvalue weighted by atomic mass is 32.1. The molecule has 8 nitrogen and oxygen atoms in total. The Morgan fingerprint density at radius 3 is 2.70 bits per heavy atom. The number of fused-ring (bicyclic) bond motifs is 1. The summed E-state index contributed by atoms with van der Waals surface area (Å²) in [5.41, 5.74) is 1.66. The van der Waals surface area contributed by atoms with Crippen LogP contribution in [0.2, 0.25) is 0 Å². The quantitative estimate of drug-likeness (QED) is 0.415. The van der Waals surface area contributed by atoms with Crippen molar-refractivity contribution in [2.75, 3.05) is 13.7 Å². The van der Waals surface area contributed by atoms with Crippen molar-refractivity contribution in [3.05, 3.63) is 86.2 Å². The Labute approximate surface area is 194 Å². The van der Waals surface area contributed by atoms with E-state index in [0.29, 0.717) is 29.9 Å². The van der Waals surface area contributed by atoms with Gasteiger partial charge in [0.2, 0.25) is 11.8 Å². The molecule has 4 rings (SSSR count). The Bertz CT molecular complexity index is 1330. The fourth-order valence-electron chi connectivity index (χ4n) is 3.70. The first-order valence-corrected chi connectivity index (χ1v) is 11.4. The maximum atomic E-state index is 13.3. The fraction of sp³-hybridized carbons (Fsp3) is 0.250. The lowest BCUT2D eigenvalue weighted by molar-refractivity contribution is -0.121. The SMILES string of the molecule is COc1ccc(C(CC(=O)NCCc2nc(C)cs2)c2c(O)nc3ccccn3c2=O)cc1. The number of carbonyl (C=O) groups is 1. The number of pyridine rings is 1. The first-order valence-electron chi connectivity index (χ1n) is 10.5. The van der Waals surface area contributed by atoms with Crippen molar-refractivity contribution in [3.8, 4) is 11.6 Å². The standard InChI is InChI=1S/C24H24N4O4S/c1-15-14-33-21(26-15)10-11-25-20(29)13-18(16-6-8-17(32-2)9-7-16)22-23(30)27-19-5-3-4-12-28(19)24(22)31/h3-9,12,14,18,30H,10-11,13H2,1-2H3,(H,25,29). The fourth-order valence-corrected chi connectivity index (χ4v) is 4.48. The summed E-state index contributed by atoms with van der Waals surface area (Å²) in [7, 11) is 1.56. The van der Waals surface area contributed by atoms with Gasteiger partial charge in [0.05, 0.1) is 17.7 Å². The second-order valence-corrected chi connectivity index (χ2v) is 8.54. The molecule has 0 aliphatic rings. The van der Waals surface area contributed by atoms with E-state index in [1.165, 1.54) is 4.40 Å². The number of amides is 1. The number of nitrogens with zero attached hydrogens (tertiary/aromatic N) is 3. The number of rotatable bonds is 8. The van der Waals surface area contributed by atoms with Gasteiger partial charge in [-0.2, -0.15) is 4.98 Å². The number of methoxy groups -OCH3 is 1. The van der Waals surface area contributed by atoms with Gasteiger partial charge in [0, 0.05) is 42.6 Å². The molecule has 1 atom stereocenters. The third kappa shape index (κ3) is 5.04. The van der Waals surface area contributed by atoms with Gasteiger partial charge in [0.25, 0.3) is 5.56 Å². The molecular weight excluding hydrogens is 440 g/mol. The first-order chi connectivity index (χ1) is 16.0. The van der Waals surface area contributed by atoms with Crippen LogP contribution in [0, 0.1) is 6.92 Å². The third-order valence-corrected chi connectivity index (χ3v) is 6.36. The highest BCUT2D eigenvalue weighted by Crippen LogP contribution is 2.32. The van der Waals surface area contributed by atoms with Crippen LogP contribution < -0.4 is 15.6 Å². The minimum absolute atomic E-state index is 0.0212. The number of benzene rings is 1. The lowest BCUT2D eigenvalue weighted by atomic mass is 9.89. The number of nitrogens with one attached hydrogen (secondary N) is 1. The maximum Gasteiger partial charge on any atom is 0.265 e. The predicted molar refractivity (Wildman–Crippen MR) is 126 cm³/mol. The summed E-state index contributed by atoms with van der Waals surface area (Å²) in [6, 6.07) is 12.2. The van der Waals surface area contributed by atoms with Crippen LogP contribution >= 0.6 is 11.3 Å². The van der Waals surface area contributed by atoms with Crippen LogP contribution in [0.25, 0.3) is 5.65 Å². The second-order valence-electron chi connectivity index (χ2n) is 7.60. The van der Waals surface area contributed by atoms with Gasteiger partial charge in [-0.15, -0.1) is 11.3 Å². The molecule has 0 saturated heterocycles. The lowest BCUT2D eigenvalue weighted by Gasteiger charge is -2.19. The molecule has 4 aromatic rings. The van der Waals surface area contributed by atoms with E-state index in [-0.39, 0.29) is 23.8 Å². The van der Waals surface area contributed by atoms with Crippen molar-refractivity contribution in [1.29, 1.82) is 0 Å². The summed E-state index contributed by atoms with van der Waals surface area (Å²) in [5, 5.41) is 16.5. The molecule has 0 fully saturated rings. The van der Waals surface area contributed by atoms with Gasteiger partial charge in [0.1, 0.15) is 11.4 Å². The topological polar surface area (TPSA) is 106 Å². The highest BCUT2D eigenvalue weighted by Gasteiger charge is 2.26. The van der Waals surface area contributed by atoms with Crippen molar-refractivity contribution >= 4 is 22.9 Å². The molecule has 2 N–H and O–H groups in total. The molecule has 0 saturated carbocycles. The zero-order chi connectivity index (χ0) is 23.4. The molecule has 0 radical (unpaired) electrons. The number of hydrogen-bond acceptors (Lipinski definition) is 7. The molecule has 3 aromatic heterocycles. The zero-order valence-corrected chi connectivity index (χ0v) is 19.1. The number of aryl methyl sites for hydroxylation is 1. The van der Waals surface area contributed by atoms with E-state index in [4.69, 9.17) is 4.74 Å². The molecule has 1 aromatic carbocycles. The first kappa shape index (κ1) is 22.5. The van der Waals surface area contributed by atoms with Crippen molar-refractivity contribution in [3.63, 3.8) is 0 Å². The van der Waals surface area contributed by atoms with Gasteiger partial charge in [-0.1, -0.05) is 18.2 Å². The Morgan fingerprint density at radius 2 is 2.00 bits per heavy atom. The van der Waals surface area contributed by atoms with E-state index < -0.39 is 11.5 Å². The monoisotopic (exact) mass is 464 g/mol. The largest absolute Gasteiger partial charge is 0.497 e. The number of aromatic nitrogens is 3. The van der Waals surface area contributed by atoms with Crippen LogP contribution in [0.5, 0.6) is 11.6 Å². The van der Waals surface area contributed by atoms with E-state index in [9.17, 15) is 14.7 Å². The van der Waals surface area contributed by atoms with Crippen LogP contribution in [0.4, 0.5) is 0 Å². The number of aromatic hydroxyl groups is 1. The molecule has 0 spiro atoms. The summed E-state index contributed by atoms with van der Waals surface area (Å²) in [6.45, 7) is 2.36. The van der Waals surface area contributed by atoms with Gasteiger partial charge in [-0.3, -0.25) is 14.0 Å². The number of thiazole rings is 1. The lowest BCUT2D eigenvalue weighted by Crippen LogP contribution is -2.30. The smallest absolute Gasteiger partial charge is 0.265 e. The van der Waals surface area contributed by atoms with Crippen LogP contribution in [0.1, 0.15) is 34.2 Å². The Kier molecular flexibility index (Phi) is 6.69. The Balaban J connectivity index is 1.63. The highest BCUT2D eigenvalue weighted by molar-refractivity contribution is 7.09.